The summed E-state index contributed by atoms with van der Waals surface area (Å²) in [5, 5.41) is 8.85. The van der Waals surface area contributed by atoms with E-state index in [9.17, 15) is 17.2 Å². The Morgan fingerprint density at radius 3 is 2.38 bits per heavy atom. The fraction of sp³-hybridized carbons (Fsp3) is 0.0714. The Kier molecular flexibility index (Phi) is 4.31. The van der Waals surface area contributed by atoms with Gasteiger partial charge in [-0.1, -0.05) is 18.2 Å². The predicted molar refractivity (Wildman–Crippen MR) is 71.5 cm³/mol. The second kappa shape index (κ2) is 5.99. The van der Waals surface area contributed by atoms with Gasteiger partial charge in [0.15, 0.2) is 0 Å². The number of hydrogen-bond acceptors (Lipinski definition) is 3. The zero-order valence-corrected chi connectivity index (χ0v) is 11.5. The minimum atomic E-state index is -4.04. The molecule has 2 rings (SSSR count). The summed E-state index contributed by atoms with van der Waals surface area (Å²) in [4.78, 5) is -0.424. The number of halogens is 2. The fourth-order valence-electron chi connectivity index (χ4n) is 1.70. The first-order valence-electron chi connectivity index (χ1n) is 5.87. The third-order valence-corrected chi connectivity index (χ3v) is 4.20. The molecule has 0 fully saturated rings. The van der Waals surface area contributed by atoms with Crippen LogP contribution in [0.4, 0.5) is 8.78 Å². The fourth-order valence-corrected chi connectivity index (χ4v) is 2.88. The van der Waals surface area contributed by atoms with Crippen molar-refractivity contribution in [3.05, 3.63) is 65.2 Å². The third-order valence-electron chi connectivity index (χ3n) is 2.76. The Hall–Kier alpha value is -2.30. The molecule has 108 valence electrons. The molecule has 1 N–H and O–H groups in total. The van der Waals surface area contributed by atoms with Gasteiger partial charge in [0, 0.05) is 6.54 Å². The summed E-state index contributed by atoms with van der Waals surface area (Å²) in [6.07, 6.45) is 0. The van der Waals surface area contributed by atoms with Crippen LogP contribution in [-0.2, 0) is 16.6 Å². The molecule has 2 aromatic carbocycles. The lowest BCUT2D eigenvalue weighted by atomic mass is 10.2. The minimum Gasteiger partial charge on any atom is -0.207 e. The largest absolute Gasteiger partial charge is 0.242 e. The van der Waals surface area contributed by atoms with Crippen LogP contribution >= 0.6 is 0 Å². The average molecular weight is 308 g/mol. The summed E-state index contributed by atoms with van der Waals surface area (Å²) < 4.78 is 52.6. The monoisotopic (exact) mass is 308 g/mol. The Bertz CT molecular complexity index is 797. The van der Waals surface area contributed by atoms with E-state index < -0.39 is 32.1 Å². The number of hydrogen-bond donors (Lipinski definition) is 1. The summed E-state index contributed by atoms with van der Waals surface area (Å²) in [5.41, 5.74) is -0.000933. The number of nitrogens with zero attached hydrogens (tertiary/aromatic N) is 1. The SMILES string of the molecule is N#Cc1c(F)cccc1S(=O)(=O)NCc1ccc(F)cc1. The van der Waals surface area contributed by atoms with Gasteiger partial charge in [0.1, 0.15) is 28.2 Å². The molecule has 0 aliphatic carbocycles. The normalized spacial score (nSPS) is 11.1. The molecule has 0 atom stereocenters. The van der Waals surface area contributed by atoms with Gasteiger partial charge in [-0.2, -0.15) is 5.26 Å². The lowest BCUT2D eigenvalue weighted by molar-refractivity contribution is 0.576. The van der Waals surface area contributed by atoms with Crippen LogP contribution in [0.25, 0.3) is 0 Å². The highest BCUT2D eigenvalue weighted by Crippen LogP contribution is 2.18. The van der Waals surface area contributed by atoms with Crippen LogP contribution in [0, 0.1) is 23.0 Å². The zero-order valence-electron chi connectivity index (χ0n) is 10.7. The van der Waals surface area contributed by atoms with E-state index in [0.29, 0.717) is 5.56 Å². The van der Waals surface area contributed by atoms with Crippen molar-refractivity contribution in [2.75, 3.05) is 0 Å². The molecular weight excluding hydrogens is 298 g/mol. The van der Waals surface area contributed by atoms with Crippen molar-refractivity contribution < 1.29 is 17.2 Å². The highest BCUT2D eigenvalue weighted by atomic mass is 32.2. The first-order valence-corrected chi connectivity index (χ1v) is 7.35. The van der Waals surface area contributed by atoms with E-state index in [4.69, 9.17) is 5.26 Å². The van der Waals surface area contributed by atoms with Gasteiger partial charge in [0.25, 0.3) is 0 Å². The van der Waals surface area contributed by atoms with Gasteiger partial charge < -0.3 is 0 Å². The highest BCUT2D eigenvalue weighted by molar-refractivity contribution is 7.89. The zero-order chi connectivity index (χ0) is 15.5. The van der Waals surface area contributed by atoms with E-state index in [2.05, 4.69) is 4.72 Å². The molecular formula is C14H10F2N2O2S. The smallest absolute Gasteiger partial charge is 0.207 e. The number of nitrogens with one attached hydrogen (secondary N) is 1. The molecule has 4 nitrogen and oxygen atoms in total. The number of benzene rings is 2. The van der Waals surface area contributed by atoms with E-state index in [1.165, 1.54) is 36.4 Å². The molecule has 0 aromatic heterocycles. The third kappa shape index (κ3) is 3.42. The molecule has 21 heavy (non-hydrogen) atoms. The number of sulfonamides is 1. The molecule has 0 heterocycles. The molecule has 0 bridgehead atoms. The molecule has 0 saturated carbocycles. The van der Waals surface area contributed by atoms with Gasteiger partial charge in [-0.25, -0.2) is 21.9 Å². The van der Waals surface area contributed by atoms with E-state index in [0.717, 1.165) is 12.1 Å². The standard InChI is InChI=1S/C14H10F2N2O2S/c15-11-6-4-10(5-7-11)9-18-21(19,20)14-3-1-2-13(16)12(14)8-17/h1-7,18H,9H2. The second-order valence-corrected chi connectivity index (χ2v) is 5.91. The maximum absolute atomic E-state index is 13.4. The van der Waals surface area contributed by atoms with Crippen molar-refractivity contribution in [1.82, 2.24) is 4.72 Å². The van der Waals surface area contributed by atoms with E-state index in [-0.39, 0.29) is 6.54 Å². The molecule has 0 aliphatic rings. The molecule has 0 spiro atoms. The van der Waals surface area contributed by atoms with E-state index in [1.54, 1.807) is 0 Å². The second-order valence-electron chi connectivity index (χ2n) is 4.18. The molecule has 0 saturated heterocycles. The van der Waals surface area contributed by atoms with Gasteiger partial charge in [-0.15, -0.1) is 0 Å². The van der Waals surface area contributed by atoms with Crippen LogP contribution in [-0.4, -0.2) is 8.42 Å². The van der Waals surface area contributed by atoms with Crippen molar-refractivity contribution in [2.45, 2.75) is 11.4 Å². The maximum Gasteiger partial charge on any atom is 0.242 e. The molecule has 2 aromatic rings. The van der Waals surface area contributed by atoms with Gasteiger partial charge >= 0.3 is 0 Å². The lowest BCUT2D eigenvalue weighted by Gasteiger charge is -2.08. The minimum absolute atomic E-state index is 0.0933. The van der Waals surface area contributed by atoms with Crippen LogP contribution in [0.2, 0.25) is 0 Å². The van der Waals surface area contributed by atoms with Gasteiger partial charge in [-0.3, -0.25) is 0 Å². The first-order chi connectivity index (χ1) is 9.94. The van der Waals surface area contributed by atoms with Crippen molar-refractivity contribution in [3.63, 3.8) is 0 Å². The van der Waals surface area contributed by atoms with Crippen LogP contribution in [0.5, 0.6) is 0 Å². The lowest BCUT2D eigenvalue weighted by Crippen LogP contribution is -2.24. The van der Waals surface area contributed by atoms with Crippen molar-refractivity contribution in [1.29, 1.82) is 5.26 Å². The molecule has 0 aliphatic heterocycles. The summed E-state index contributed by atoms with van der Waals surface area (Å²) in [5.74, 6) is -1.33. The summed E-state index contributed by atoms with van der Waals surface area (Å²) in [6.45, 7) is -0.0933. The molecule has 7 heteroatoms. The summed E-state index contributed by atoms with van der Waals surface area (Å²) in [6, 6.07) is 10.2. The first kappa shape index (κ1) is 15.1. The van der Waals surface area contributed by atoms with Crippen LogP contribution in [0.3, 0.4) is 0 Å². The van der Waals surface area contributed by atoms with Crippen molar-refractivity contribution in [2.24, 2.45) is 0 Å². The topological polar surface area (TPSA) is 70.0 Å². The Morgan fingerprint density at radius 1 is 1.10 bits per heavy atom. The van der Waals surface area contributed by atoms with Crippen molar-refractivity contribution in [3.8, 4) is 6.07 Å². The van der Waals surface area contributed by atoms with Gasteiger partial charge in [-0.05, 0) is 29.8 Å². The summed E-state index contributed by atoms with van der Waals surface area (Å²) in [7, 11) is -4.04. The van der Waals surface area contributed by atoms with Crippen LogP contribution in [0.15, 0.2) is 47.4 Å². The number of nitriles is 1. The molecule has 0 radical (unpaired) electrons. The van der Waals surface area contributed by atoms with E-state index >= 15 is 0 Å². The van der Waals surface area contributed by atoms with Gasteiger partial charge in [0.2, 0.25) is 10.0 Å². The van der Waals surface area contributed by atoms with Crippen LogP contribution < -0.4 is 4.72 Å². The maximum atomic E-state index is 13.4. The van der Waals surface area contributed by atoms with E-state index in [1.807, 2.05) is 0 Å². The van der Waals surface area contributed by atoms with Crippen molar-refractivity contribution >= 4 is 10.0 Å². The summed E-state index contributed by atoms with van der Waals surface area (Å²) >= 11 is 0. The predicted octanol–water partition coefficient (Wildman–Crippen LogP) is 2.31. The number of rotatable bonds is 4. The Labute approximate surface area is 120 Å². The Balaban J connectivity index is 2.25. The molecule has 0 amide bonds. The molecule has 0 unspecified atom stereocenters. The quantitative estimate of drug-likeness (QED) is 0.942. The highest BCUT2D eigenvalue weighted by Gasteiger charge is 2.20. The van der Waals surface area contributed by atoms with Gasteiger partial charge in [0.05, 0.1) is 0 Å². The Morgan fingerprint density at radius 2 is 1.76 bits per heavy atom. The average Bonchev–Trinajstić information content (AvgIpc) is 2.46. The van der Waals surface area contributed by atoms with Crippen LogP contribution in [0.1, 0.15) is 11.1 Å².